The molecule has 0 saturated carbocycles. The summed E-state index contributed by atoms with van der Waals surface area (Å²) in [5.74, 6) is 1.53. The topological polar surface area (TPSA) is 35.5 Å². The molecule has 1 aliphatic rings. The van der Waals surface area contributed by atoms with Gasteiger partial charge in [0.1, 0.15) is 13.2 Å². The number of allylic oxidation sites excluding steroid dienone is 1. The van der Waals surface area contributed by atoms with Gasteiger partial charge in [-0.05, 0) is 40.3 Å². The van der Waals surface area contributed by atoms with E-state index in [2.05, 4.69) is 45.0 Å². The van der Waals surface area contributed by atoms with Crippen LogP contribution in [-0.2, 0) is 16.6 Å². The minimum Gasteiger partial charge on any atom is -0.486 e. The van der Waals surface area contributed by atoms with Crippen LogP contribution < -0.4 is 9.47 Å². The second-order valence-corrected chi connectivity index (χ2v) is 7.33. The first kappa shape index (κ1) is 17.3. The highest BCUT2D eigenvalue weighted by molar-refractivity contribution is 5.95. The Morgan fingerprint density at radius 3 is 2.36 bits per heavy atom. The van der Waals surface area contributed by atoms with Crippen molar-refractivity contribution in [2.45, 2.75) is 32.6 Å². The van der Waals surface area contributed by atoms with Crippen LogP contribution in [0.25, 0.3) is 6.08 Å². The predicted octanol–water partition coefficient (Wildman–Crippen LogP) is 4.58. The minimum absolute atomic E-state index is 0.0663. The lowest BCUT2D eigenvalue weighted by atomic mass is 9.87. The smallest absolute Gasteiger partial charge is 0.161 e. The molecule has 0 fully saturated rings. The minimum atomic E-state index is 0.0663. The van der Waals surface area contributed by atoms with E-state index >= 15 is 0 Å². The average Bonchev–Trinajstić information content (AvgIpc) is 2.59. The standard InChI is InChI=1S/C22H24O3/c1-22(2,3)18-8-4-16(5-9-18)6-10-19(23)14-17-7-11-20-21(15-17)25-13-12-24-20/h4-11,15H,12-14H2,1-3H3/b10-6+. The van der Waals surface area contributed by atoms with Gasteiger partial charge < -0.3 is 9.47 Å². The first-order valence-corrected chi connectivity index (χ1v) is 8.62. The summed E-state index contributed by atoms with van der Waals surface area (Å²) in [5.41, 5.74) is 3.38. The highest BCUT2D eigenvalue weighted by Gasteiger charge is 2.13. The second-order valence-electron chi connectivity index (χ2n) is 7.33. The lowest BCUT2D eigenvalue weighted by molar-refractivity contribution is -0.113. The van der Waals surface area contributed by atoms with Crippen molar-refractivity contribution in [3.63, 3.8) is 0 Å². The van der Waals surface area contributed by atoms with Crippen molar-refractivity contribution in [1.29, 1.82) is 0 Å². The molecule has 0 amide bonds. The molecule has 130 valence electrons. The lowest BCUT2D eigenvalue weighted by Gasteiger charge is -2.18. The molecule has 0 N–H and O–H groups in total. The molecule has 25 heavy (non-hydrogen) atoms. The van der Waals surface area contributed by atoms with Crippen molar-refractivity contribution in [1.82, 2.24) is 0 Å². The number of hydrogen-bond donors (Lipinski definition) is 0. The van der Waals surface area contributed by atoms with Crippen LogP contribution in [-0.4, -0.2) is 19.0 Å². The Hall–Kier alpha value is -2.55. The van der Waals surface area contributed by atoms with Gasteiger partial charge in [-0.15, -0.1) is 0 Å². The predicted molar refractivity (Wildman–Crippen MR) is 100 cm³/mol. The van der Waals surface area contributed by atoms with Gasteiger partial charge in [-0.3, -0.25) is 4.79 Å². The van der Waals surface area contributed by atoms with Gasteiger partial charge in [0.15, 0.2) is 17.3 Å². The van der Waals surface area contributed by atoms with E-state index in [1.807, 2.05) is 24.3 Å². The lowest BCUT2D eigenvalue weighted by Crippen LogP contribution is -2.15. The van der Waals surface area contributed by atoms with E-state index in [0.29, 0.717) is 19.6 Å². The molecule has 0 saturated heterocycles. The number of ketones is 1. The molecular weight excluding hydrogens is 312 g/mol. The van der Waals surface area contributed by atoms with Crippen LogP contribution in [0.3, 0.4) is 0 Å². The zero-order valence-electron chi connectivity index (χ0n) is 15.0. The van der Waals surface area contributed by atoms with Crippen LogP contribution in [0.15, 0.2) is 48.5 Å². The van der Waals surface area contributed by atoms with Gasteiger partial charge in [0.25, 0.3) is 0 Å². The normalized spacial score (nSPS) is 13.9. The van der Waals surface area contributed by atoms with Crippen molar-refractivity contribution >= 4 is 11.9 Å². The molecule has 3 rings (SSSR count). The Bertz CT molecular complexity index is 780. The highest BCUT2D eigenvalue weighted by Crippen LogP contribution is 2.31. The molecule has 1 heterocycles. The van der Waals surface area contributed by atoms with Gasteiger partial charge in [0.2, 0.25) is 0 Å². The Labute approximate surface area is 149 Å². The molecule has 3 nitrogen and oxygen atoms in total. The fourth-order valence-electron chi connectivity index (χ4n) is 2.74. The summed E-state index contributed by atoms with van der Waals surface area (Å²) in [6, 6.07) is 14.0. The number of benzene rings is 2. The third kappa shape index (κ3) is 4.50. The second kappa shape index (κ2) is 7.14. The summed E-state index contributed by atoms with van der Waals surface area (Å²) in [5, 5.41) is 0. The summed E-state index contributed by atoms with van der Waals surface area (Å²) in [4.78, 5) is 12.2. The van der Waals surface area contributed by atoms with E-state index in [-0.39, 0.29) is 11.2 Å². The van der Waals surface area contributed by atoms with E-state index in [0.717, 1.165) is 22.6 Å². The van der Waals surface area contributed by atoms with E-state index < -0.39 is 0 Å². The van der Waals surface area contributed by atoms with Crippen LogP contribution in [0, 0.1) is 0 Å². The third-order valence-electron chi connectivity index (χ3n) is 4.22. The quantitative estimate of drug-likeness (QED) is 0.767. The summed E-state index contributed by atoms with van der Waals surface area (Å²) < 4.78 is 11.1. The van der Waals surface area contributed by atoms with Gasteiger partial charge >= 0.3 is 0 Å². The zero-order valence-corrected chi connectivity index (χ0v) is 15.0. The fraction of sp³-hybridized carbons (Fsp3) is 0.318. The molecule has 0 aliphatic carbocycles. The first-order chi connectivity index (χ1) is 11.9. The summed E-state index contributed by atoms with van der Waals surface area (Å²) in [6.07, 6.45) is 3.86. The monoisotopic (exact) mass is 336 g/mol. The van der Waals surface area contributed by atoms with E-state index in [9.17, 15) is 4.79 Å². The first-order valence-electron chi connectivity index (χ1n) is 8.62. The molecule has 2 aromatic rings. The molecule has 2 aromatic carbocycles. The van der Waals surface area contributed by atoms with E-state index in [1.54, 1.807) is 6.08 Å². The molecule has 0 bridgehead atoms. The number of ether oxygens (including phenoxy) is 2. The van der Waals surface area contributed by atoms with E-state index in [4.69, 9.17) is 9.47 Å². The number of rotatable bonds is 4. The maximum absolute atomic E-state index is 12.2. The van der Waals surface area contributed by atoms with Crippen LogP contribution >= 0.6 is 0 Å². The molecule has 0 aromatic heterocycles. The van der Waals surface area contributed by atoms with Crippen LogP contribution in [0.2, 0.25) is 0 Å². The maximum Gasteiger partial charge on any atom is 0.161 e. The maximum atomic E-state index is 12.2. The molecule has 0 atom stereocenters. The molecule has 1 aliphatic heterocycles. The number of hydrogen-bond acceptors (Lipinski definition) is 3. The Balaban J connectivity index is 1.63. The molecule has 0 radical (unpaired) electrons. The average molecular weight is 336 g/mol. The van der Waals surface area contributed by atoms with Gasteiger partial charge in [-0.25, -0.2) is 0 Å². The Morgan fingerprint density at radius 1 is 1.00 bits per heavy atom. The fourth-order valence-corrected chi connectivity index (χ4v) is 2.74. The molecule has 0 spiro atoms. The number of carbonyl (C=O) groups is 1. The third-order valence-corrected chi connectivity index (χ3v) is 4.22. The van der Waals surface area contributed by atoms with Crippen LogP contribution in [0.4, 0.5) is 0 Å². The molecule has 3 heteroatoms. The van der Waals surface area contributed by atoms with Crippen molar-refractivity contribution < 1.29 is 14.3 Å². The summed E-state index contributed by atoms with van der Waals surface area (Å²) in [6.45, 7) is 7.69. The van der Waals surface area contributed by atoms with Gasteiger partial charge in [0, 0.05) is 6.42 Å². The van der Waals surface area contributed by atoms with Crippen LogP contribution in [0.5, 0.6) is 11.5 Å². The SMILES string of the molecule is CC(C)(C)c1ccc(/C=C/C(=O)Cc2ccc3c(c2)OCCO3)cc1. The molecule has 0 unspecified atom stereocenters. The van der Waals surface area contributed by atoms with Crippen LogP contribution in [0.1, 0.15) is 37.5 Å². The number of carbonyl (C=O) groups excluding carboxylic acids is 1. The zero-order chi connectivity index (χ0) is 17.9. The van der Waals surface area contributed by atoms with Gasteiger partial charge in [-0.2, -0.15) is 0 Å². The Morgan fingerprint density at radius 2 is 1.68 bits per heavy atom. The molecular formula is C22H24O3. The van der Waals surface area contributed by atoms with Crippen molar-refractivity contribution in [3.8, 4) is 11.5 Å². The van der Waals surface area contributed by atoms with Gasteiger partial charge in [0.05, 0.1) is 0 Å². The van der Waals surface area contributed by atoms with Crippen molar-refractivity contribution in [2.24, 2.45) is 0 Å². The highest BCUT2D eigenvalue weighted by atomic mass is 16.6. The van der Waals surface area contributed by atoms with E-state index in [1.165, 1.54) is 5.56 Å². The number of fused-ring (bicyclic) bond motifs is 1. The summed E-state index contributed by atoms with van der Waals surface area (Å²) >= 11 is 0. The van der Waals surface area contributed by atoms with Crippen molar-refractivity contribution in [3.05, 3.63) is 65.2 Å². The largest absolute Gasteiger partial charge is 0.486 e. The van der Waals surface area contributed by atoms with Gasteiger partial charge in [-0.1, -0.05) is 57.2 Å². The summed E-state index contributed by atoms with van der Waals surface area (Å²) in [7, 11) is 0. The Kier molecular flexibility index (Phi) is 4.93. The van der Waals surface area contributed by atoms with Crippen molar-refractivity contribution in [2.75, 3.05) is 13.2 Å².